The Morgan fingerprint density at radius 3 is 1.44 bits per heavy atom. The molecular weight excluding hydrogens is 408 g/mol. The molecule has 0 aromatic carbocycles. The lowest BCUT2D eigenvalue weighted by Crippen LogP contribution is -2.45. The van der Waals surface area contributed by atoms with Gasteiger partial charge in [0, 0.05) is 26.2 Å². The normalized spacial score (nSPS) is 26.0. The SMILES string of the molecule is C[C@@H]1CN(c2ccc(NC(=O)Nc3ccc(N4C[C@@H](C)O[C@@H](C)C4)nc3)cn2)C[C@@H](C)O1. The summed E-state index contributed by atoms with van der Waals surface area (Å²) in [6.45, 7) is 11.5. The van der Waals surface area contributed by atoms with Crippen molar-refractivity contribution in [2.75, 3.05) is 46.6 Å². The summed E-state index contributed by atoms with van der Waals surface area (Å²) in [6, 6.07) is 7.21. The van der Waals surface area contributed by atoms with E-state index in [9.17, 15) is 4.79 Å². The molecule has 2 fully saturated rings. The van der Waals surface area contributed by atoms with Gasteiger partial charge in [0.15, 0.2) is 0 Å². The second kappa shape index (κ2) is 9.70. The van der Waals surface area contributed by atoms with Crippen LogP contribution in [0.1, 0.15) is 27.7 Å². The third kappa shape index (κ3) is 5.66. The average molecular weight is 441 g/mol. The number of morpholine rings is 2. The van der Waals surface area contributed by atoms with Crippen molar-refractivity contribution in [2.24, 2.45) is 0 Å². The van der Waals surface area contributed by atoms with Gasteiger partial charge in [0.25, 0.3) is 0 Å². The van der Waals surface area contributed by atoms with Crippen LogP contribution in [0.3, 0.4) is 0 Å². The highest BCUT2D eigenvalue weighted by Gasteiger charge is 2.24. The van der Waals surface area contributed by atoms with E-state index in [-0.39, 0.29) is 30.4 Å². The summed E-state index contributed by atoms with van der Waals surface area (Å²) in [5.41, 5.74) is 1.25. The number of carbonyl (C=O) groups excluding carboxylic acids is 1. The number of nitrogens with zero attached hydrogens (tertiary/aromatic N) is 4. The molecule has 9 heteroatoms. The molecule has 2 aromatic heterocycles. The van der Waals surface area contributed by atoms with Crippen LogP contribution in [0.15, 0.2) is 36.7 Å². The van der Waals surface area contributed by atoms with Gasteiger partial charge in [0.05, 0.1) is 48.2 Å². The number of hydrogen-bond donors (Lipinski definition) is 2. The van der Waals surface area contributed by atoms with Crippen LogP contribution in [0.2, 0.25) is 0 Å². The van der Waals surface area contributed by atoms with E-state index in [0.717, 1.165) is 37.8 Å². The van der Waals surface area contributed by atoms with E-state index < -0.39 is 0 Å². The number of ether oxygens (including phenoxy) is 2. The van der Waals surface area contributed by atoms with E-state index in [1.165, 1.54) is 0 Å². The Morgan fingerprint density at radius 2 is 1.12 bits per heavy atom. The van der Waals surface area contributed by atoms with Gasteiger partial charge < -0.3 is 29.9 Å². The van der Waals surface area contributed by atoms with Crippen molar-refractivity contribution < 1.29 is 14.3 Å². The zero-order valence-electron chi connectivity index (χ0n) is 19.1. The summed E-state index contributed by atoms with van der Waals surface area (Å²) in [4.78, 5) is 25.8. The van der Waals surface area contributed by atoms with Gasteiger partial charge in [0.1, 0.15) is 11.6 Å². The Balaban J connectivity index is 1.31. The maximum Gasteiger partial charge on any atom is 0.323 e. The summed E-state index contributed by atoms with van der Waals surface area (Å²) in [5.74, 6) is 1.76. The molecule has 4 heterocycles. The highest BCUT2D eigenvalue weighted by atomic mass is 16.5. The molecule has 172 valence electrons. The fourth-order valence-electron chi connectivity index (χ4n) is 4.32. The molecule has 4 atom stereocenters. The fourth-order valence-corrected chi connectivity index (χ4v) is 4.32. The molecule has 0 bridgehead atoms. The minimum absolute atomic E-state index is 0.166. The number of urea groups is 1. The van der Waals surface area contributed by atoms with Gasteiger partial charge >= 0.3 is 6.03 Å². The first-order valence-electron chi connectivity index (χ1n) is 11.2. The number of aromatic nitrogens is 2. The molecule has 2 N–H and O–H groups in total. The fraction of sp³-hybridized carbons (Fsp3) is 0.522. The van der Waals surface area contributed by atoms with E-state index in [1.807, 2.05) is 24.3 Å². The van der Waals surface area contributed by atoms with Crippen LogP contribution in [0.25, 0.3) is 0 Å². The van der Waals surface area contributed by atoms with Crippen LogP contribution in [-0.4, -0.2) is 66.6 Å². The second-order valence-corrected chi connectivity index (χ2v) is 8.71. The maximum absolute atomic E-state index is 12.4. The van der Waals surface area contributed by atoms with Gasteiger partial charge in [0.2, 0.25) is 0 Å². The van der Waals surface area contributed by atoms with Crippen molar-refractivity contribution in [3.05, 3.63) is 36.7 Å². The van der Waals surface area contributed by atoms with Gasteiger partial charge in [-0.15, -0.1) is 0 Å². The quantitative estimate of drug-likeness (QED) is 0.753. The van der Waals surface area contributed by atoms with Crippen molar-refractivity contribution in [3.8, 4) is 0 Å². The largest absolute Gasteiger partial charge is 0.372 e. The molecule has 2 aromatic rings. The lowest BCUT2D eigenvalue weighted by atomic mass is 10.2. The van der Waals surface area contributed by atoms with Crippen LogP contribution in [0, 0.1) is 0 Å². The van der Waals surface area contributed by atoms with Gasteiger partial charge in [-0.2, -0.15) is 0 Å². The first kappa shape index (κ1) is 22.3. The Hall–Kier alpha value is -2.91. The number of pyridine rings is 2. The Labute approximate surface area is 189 Å². The molecule has 2 amide bonds. The predicted molar refractivity (Wildman–Crippen MR) is 126 cm³/mol. The van der Waals surface area contributed by atoms with E-state index in [0.29, 0.717) is 11.4 Å². The Morgan fingerprint density at radius 1 is 0.750 bits per heavy atom. The highest BCUT2D eigenvalue weighted by molar-refractivity contribution is 5.99. The van der Waals surface area contributed by atoms with Gasteiger partial charge in [-0.05, 0) is 52.0 Å². The smallest absolute Gasteiger partial charge is 0.323 e. The number of anilines is 4. The Bertz CT molecular complexity index is 813. The van der Waals surface area contributed by atoms with E-state index in [4.69, 9.17) is 9.47 Å². The van der Waals surface area contributed by atoms with E-state index >= 15 is 0 Å². The van der Waals surface area contributed by atoms with Crippen LogP contribution < -0.4 is 20.4 Å². The first-order valence-corrected chi connectivity index (χ1v) is 11.2. The van der Waals surface area contributed by atoms with Crippen molar-refractivity contribution in [2.45, 2.75) is 52.1 Å². The molecule has 0 radical (unpaired) electrons. The zero-order valence-corrected chi connectivity index (χ0v) is 19.1. The number of hydrogen-bond acceptors (Lipinski definition) is 7. The standard InChI is InChI=1S/C23H32N6O3/c1-15-11-28(12-16(2)31-15)21-7-5-19(9-24-21)26-23(30)27-20-6-8-22(25-10-20)29-13-17(3)32-18(4)14-29/h5-10,15-18H,11-14H2,1-4H3,(H2,26,27,30)/t15-,16-,17-,18+/m1/s1. The van der Waals surface area contributed by atoms with Crippen LogP contribution in [0.5, 0.6) is 0 Å². The van der Waals surface area contributed by atoms with E-state index in [1.54, 1.807) is 12.4 Å². The van der Waals surface area contributed by atoms with Crippen molar-refractivity contribution in [1.82, 2.24) is 9.97 Å². The number of nitrogens with one attached hydrogen (secondary N) is 2. The van der Waals surface area contributed by atoms with Gasteiger partial charge in [-0.3, -0.25) is 0 Å². The molecule has 0 aliphatic carbocycles. The lowest BCUT2D eigenvalue weighted by Gasteiger charge is -2.36. The van der Waals surface area contributed by atoms with Crippen LogP contribution in [0.4, 0.5) is 27.8 Å². The Kier molecular flexibility index (Phi) is 6.76. The maximum atomic E-state index is 12.4. The topological polar surface area (TPSA) is 91.9 Å². The molecule has 0 spiro atoms. The van der Waals surface area contributed by atoms with Gasteiger partial charge in [-0.1, -0.05) is 0 Å². The molecule has 2 aliphatic rings. The number of amides is 2. The van der Waals surface area contributed by atoms with Crippen molar-refractivity contribution in [1.29, 1.82) is 0 Å². The van der Waals surface area contributed by atoms with Crippen molar-refractivity contribution in [3.63, 3.8) is 0 Å². The zero-order chi connectivity index (χ0) is 22.7. The lowest BCUT2D eigenvalue weighted by molar-refractivity contribution is -0.00572. The average Bonchev–Trinajstić information content (AvgIpc) is 2.73. The third-order valence-electron chi connectivity index (χ3n) is 5.50. The van der Waals surface area contributed by atoms with Crippen LogP contribution in [-0.2, 0) is 9.47 Å². The molecule has 2 aliphatic heterocycles. The first-order chi connectivity index (χ1) is 15.4. The number of rotatable bonds is 4. The predicted octanol–water partition coefficient (Wildman–Crippen LogP) is 3.35. The second-order valence-electron chi connectivity index (χ2n) is 8.71. The third-order valence-corrected chi connectivity index (χ3v) is 5.50. The molecule has 32 heavy (non-hydrogen) atoms. The molecule has 4 rings (SSSR count). The minimum atomic E-state index is -0.337. The minimum Gasteiger partial charge on any atom is -0.372 e. The van der Waals surface area contributed by atoms with Gasteiger partial charge in [-0.25, -0.2) is 14.8 Å². The van der Waals surface area contributed by atoms with E-state index in [2.05, 4.69) is 58.1 Å². The monoisotopic (exact) mass is 440 g/mol. The molecular formula is C23H32N6O3. The molecule has 2 saturated heterocycles. The highest BCUT2D eigenvalue weighted by Crippen LogP contribution is 2.21. The summed E-state index contributed by atoms with van der Waals surface area (Å²) < 4.78 is 11.5. The molecule has 9 nitrogen and oxygen atoms in total. The molecule has 0 unspecified atom stereocenters. The number of carbonyl (C=O) groups is 1. The summed E-state index contributed by atoms with van der Waals surface area (Å²) >= 11 is 0. The summed E-state index contributed by atoms with van der Waals surface area (Å²) in [7, 11) is 0. The van der Waals surface area contributed by atoms with Crippen molar-refractivity contribution >= 4 is 29.0 Å². The summed E-state index contributed by atoms with van der Waals surface area (Å²) in [5, 5.41) is 5.63. The van der Waals surface area contributed by atoms with Crippen LogP contribution >= 0.6 is 0 Å². The molecule has 0 saturated carbocycles. The summed E-state index contributed by atoms with van der Waals surface area (Å²) in [6.07, 6.45) is 4.00.